The molecule has 1 aromatic carbocycles. The van der Waals surface area contributed by atoms with E-state index in [0.717, 1.165) is 31.2 Å². The van der Waals surface area contributed by atoms with E-state index >= 15 is 0 Å². The molecule has 0 unspecified atom stereocenters. The number of nitrogens with two attached hydrogens (primary N) is 1. The van der Waals surface area contributed by atoms with Crippen LogP contribution in [0.3, 0.4) is 0 Å². The third-order valence-corrected chi connectivity index (χ3v) is 3.74. The molecule has 0 saturated heterocycles. The summed E-state index contributed by atoms with van der Waals surface area (Å²) in [5.41, 5.74) is 6.17. The summed E-state index contributed by atoms with van der Waals surface area (Å²) in [6.45, 7) is 2.25. The molecule has 0 bridgehead atoms. The molecule has 4 heteroatoms. The second kappa shape index (κ2) is 5.80. The van der Waals surface area contributed by atoms with Crippen LogP contribution in [0.15, 0.2) is 18.2 Å². The highest BCUT2D eigenvalue weighted by Crippen LogP contribution is 2.33. The normalized spacial score (nSPS) is 19.2. The number of benzene rings is 1. The van der Waals surface area contributed by atoms with Gasteiger partial charge in [-0.25, -0.2) is 0 Å². The molecule has 0 heterocycles. The van der Waals surface area contributed by atoms with E-state index in [0.29, 0.717) is 18.1 Å². The smallest absolute Gasteiger partial charge is 0.161 e. The van der Waals surface area contributed by atoms with E-state index in [-0.39, 0.29) is 6.04 Å². The summed E-state index contributed by atoms with van der Waals surface area (Å²) in [6, 6.07) is 5.64. The van der Waals surface area contributed by atoms with Crippen molar-refractivity contribution in [3.05, 3.63) is 23.8 Å². The average Bonchev–Trinajstić information content (AvgIpc) is 2.83. The van der Waals surface area contributed by atoms with Gasteiger partial charge in [-0.15, -0.1) is 0 Å². The van der Waals surface area contributed by atoms with Crippen LogP contribution in [0.1, 0.15) is 44.2 Å². The molecule has 0 radical (unpaired) electrons. The lowest BCUT2D eigenvalue weighted by atomic mass is 10.0. The van der Waals surface area contributed by atoms with Crippen LogP contribution in [0.5, 0.6) is 11.5 Å². The van der Waals surface area contributed by atoms with Crippen LogP contribution in [-0.2, 0) is 0 Å². The Labute approximate surface area is 114 Å². The molecule has 106 valence electrons. The van der Waals surface area contributed by atoms with Crippen molar-refractivity contribution in [1.82, 2.24) is 0 Å². The van der Waals surface area contributed by atoms with Gasteiger partial charge in [-0.3, -0.25) is 0 Å². The van der Waals surface area contributed by atoms with E-state index in [1.54, 1.807) is 7.11 Å². The Hall–Kier alpha value is -1.26. The molecule has 0 aromatic heterocycles. The van der Waals surface area contributed by atoms with Crippen LogP contribution < -0.4 is 15.2 Å². The Morgan fingerprint density at radius 2 is 2.00 bits per heavy atom. The van der Waals surface area contributed by atoms with Crippen molar-refractivity contribution in [1.29, 1.82) is 0 Å². The summed E-state index contributed by atoms with van der Waals surface area (Å²) in [6.07, 6.45) is 3.77. The quantitative estimate of drug-likeness (QED) is 0.858. The largest absolute Gasteiger partial charge is 0.493 e. The van der Waals surface area contributed by atoms with E-state index < -0.39 is 5.60 Å². The summed E-state index contributed by atoms with van der Waals surface area (Å²) >= 11 is 0. The maximum atomic E-state index is 10.3. The van der Waals surface area contributed by atoms with E-state index in [1.807, 2.05) is 25.1 Å². The van der Waals surface area contributed by atoms with Crippen molar-refractivity contribution in [2.45, 2.75) is 44.2 Å². The number of aliphatic hydroxyl groups is 1. The third-order valence-electron chi connectivity index (χ3n) is 3.74. The molecule has 0 aliphatic heterocycles. The van der Waals surface area contributed by atoms with Crippen LogP contribution in [-0.4, -0.2) is 24.4 Å². The van der Waals surface area contributed by atoms with Gasteiger partial charge in [-0.05, 0) is 37.5 Å². The van der Waals surface area contributed by atoms with Crippen molar-refractivity contribution in [3.63, 3.8) is 0 Å². The fourth-order valence-electron chi connectivity index (χ4n) is 2.48. The first kappa shape index (κ1) is 14.2. The van der Waals surface area contributed by atoms with Gasteiger partial charge < -0.3 is 20.3 Å². The zero-order chi connectivity index (χ0) is 13.9. The average molecular weight is 265 g/mol. The number of hydrogen-bond donors (Lipinski definition) is 2. The SMILES string of the molecule is COc1cc([C@@H](C)N)ccc1OCC1(O)CCCC1. The van der Waals surface area contributed by atoms with Gasteiger partial charge in [0.1, 0.15) is 6.61 Å². The summed E-state index contributed by atoms with van der Waals surface area (Å²) in [4.78, 5) is 0. The molecule has 0 amide bonds. The lowest BCUT2D eigenvalue weighted by Crippen LogP contribution is -2.32. The number of ether oxygens (including phenoxy) is 2. The predicted molar refractivity (Wildman–Crippen MR) is 74.5 cm³/mol. The fraction of sp³-hybridized carbons (Fsp3) is 0.600. The van der Waals surface area contributed by atoms with Gasteiger partial charge in [0.25, 0.3) is 0 Å². The first-order valence-electron chi connectivity index (χ1n) is 6.83. The summed E-state index contributed by atoms with van der Waals surface area (Å²) in [5, 5.41) is 10.3. The van der Waals surface area contributed by atoms with E-state index in [9.17, 15) is 5.11 Å². The van der Waals surface area contributed by atoms with Crippen LogP contribution in [0.25, 0.3) is 0 Å². The molecule has 1 aromatic rings. The minimum Gasteiger partial charge on any atom is -0.493 e. The molecule has 1 aliphatic rings. The molecule has 1 saturated carbocycles. The summed E-state index contributed by atoms with van der Waals surface area (Å²) in [5.74, 6) is 1.32. The van der Waals surface area contributed by atoms with Crippen molar-refractivity contribution >= 4 is 0 Å². The Balaban J connectivity index is 2.07. The molecule has 2 rings (SSSR count). The Morgan fingerprint density at radius 3 is 2.58 bits per heavy atom. The van der Waals surface area contributed by atoms with E-state index in [2.05, 4.69) is 0 Å². The zero-order valence-electron chi connectivity index (χ0n) is 11.7. The molecule has 19 heavy (non-hydrogen) atoms. The van der Waals surface area contributed by atoms with Gasteiger partial charge in [0.15, 0.2) is 11.5 Å². The molecule has 1 fully saturated rings. The van der Waals surface area contributed by atoms with Gasteiger partial charge >= 0.3 is 0 Å². The Kier molecular flexibility index (Phi) is 4.32. The van der Waals surface area contributed by atoms with Crippen LogP contribution in [0.4, 0.5) is 0 Å². The maximum Gasteiger partial charge on any atom is 0.161 e. The van der Waals surface area contributed by atoms with Gasteiger partial charge in [-0.2, -0.15) is 0 Å². The third kappa shape index (κ3) is 3.39. The van der Waals surface area contributed by atoms with Gasteiger partial charge in [0.2, 0.25) is 0 Å². The highest BCUT2D eigenvalue weighted by atomic mass is 16.5. The zero-order valence-corrected chi connectivity index (χ0v) is 11.7. The number of rotatable bonds is 5. The van der Waals surface area contributed by atoms with Crippen molar-refractivity contribution in [3.8, 4) is 11.5 Å². The lowest BCUT2D eigenvalue weighted by Gasteiger charge is -2.23. The summed E-state index contributed by atoms with van der Waals surface area (Å²) < 4.78 is 11.1. The Morgan fingerprint density at radius 1 is 1.32 bits per heavy atom. The fourth-order valence-corrected chi connectivity index (χ4v) is 2.48. The monoisotopic (exact) mass is 265 g/mol. The van der Waals surface area contributed by atoms with Crippen molar-refractivity contribution < 1.29 is 14.6 Å². The molecule has 0 spiro atoms. The maximum absolute atomic E-state index is 10.3. The molecule has 1 atom stereocenters. The van der Waals surface area contributed by atoms with Crippen molar-refractivity contribution in [2.75, 3.05) is 13.7 Å². The first-order chi connectivity index (χ1) is 9.04. The lowest BCUT2D eigenvalue weighted by molar-refractivity contribution is 0.000727. The van der Waals surface area contributed by atoms with Crippen LogP contribution in [0.2, 0.25) is 0 Å². The highest BCUT2D eigenvalue weighted by molar-refractivity contribution is 5.43. The second-order valence-corrected chi connectivity index (χ2v) is 5.42. The van der Waals surface area contributed by atoms with Gasteiger partial charge in [0.05, 0.1) is 12.7 Å². The van der Waals surface area contributed by atoms with Gasteiger partial charge in [-0.1, -0.05) is 18.9 Å². The standard InChI is InChI=1S/C15H23NO3/c1-11(16)12-5-6-13(14(9-12)18-2)19-10-15(17)7-3-4-8-15/h5-6,9,11,17H,3-4,7-8,10,16H2,1-2H3/t11-/m1/s1. The minimum absolute atomic E-state index is 0.0398. The van der Waals surface area contributed by atoms with Crippen LogP contribution >= 0.6 is 0 Å². The molecule has 1 aliphatic carbocycles. The highest BCUT2D eigenvalue weighted by Gasteiger charge is 2.32. The molecule has 3 N–H and O–H groups in total. The van der Waals surface area contributed by atoms with E-state index in [1.165, 1.54) is 0 Å². The second-order valence-electron chi connectivity index (χ2n) is 5.42. The topological polar surface area (TPSA) is 64.7 Å². The number of hydrogen-bond acceptors (Lipinski definition) is 4. The predicted octanol–water partition coefficient (Wildman–Crippen LogP) is 2.40. The number of methoxy groups -OCH3 is 1. The van der Waals surface area contributed by atoms with Crippen molar-refractivity contribution in [2.24, 2.45) is 5.73 Å². The first-order valence-corrected chi connectivity index (χ1v) is 6.83. The molecular weight excluding hydrogens is 242 g/mol. The minimum atomic E-state index is -0.676. The van der Waals surface area contributed by atoms with Crippen LogP contribution in [0, 0.1) is 0 Å². The Bertz CT molecular complexity index is 425. The van der Waals surface area contributed by atoms with E-state index in [4.69, 9.17) is 15.2 Å². The van der Waals surface area contributed by atoms with Gasteiger partial charge in [0, 0.05) is 6.04 Å². The summed E-state index contributed by atoms with van der Waals surface area (Å²) in [7, 11) is 1.61. The molecule has 4 nitrogen and oxygen atoms in total. The molecular formula is C15H23NO3.